The Labute approximate surface area is 169 Å². The van der Waals surface area contributed by atoms with Gasteiger partial charge in [-0.25, -0.2) is 0 Å². The van der Waals surface area contributed by atoms with E-state index >= 15 is 0 Å². The molecule has 28 heavy (non-hydrogen) atoms. The largest absolute Gasteiger partial charge is 0.456 e. The highest BCUT2D eigenvalue weighted by Gasteiger charge is 2.12. The Morgan fingerprint density at radius 2 is 2.00 bits per heavy atom. The smallest absolute Gasteiger partial charge is 0.306 e. The molecule has 0 fully saturated rings. The van der Waals surface area contributed by atoms with E-state index in [1.807, 2.05) is 43.5 Å². The summed E-state index contributed by atoms with van der Waals surface area (Å²) in [7, 11) is 0. The number of hydrogen-bond acceptors (Lipinski definition) is 3. The lowest BCUT2D eigenvalue weighted by atomic mass is 10.1. The molecule has 0 radical (unpaired) electrons. The van der Waals surface area contributed by atoms with E-state index in [4.69, 9.17) is 16.3 Å². The number of aromatic nitrogens is 1. The quantitative estimate of drug-likeness (QED) is 0.546. The molecule has 3 aromatic rings. The van der Waals surface area contributed by atoms with E-state index in [-0.39, 0.29) is 30.9 Å². The molecule has 2 N–H and O–H groups in total. The van der Waals surface area contributed by atoms with Crippen LogP contribution in [0.4, 0.5) is 0 Å². The van der Waals surface area contributed by atoms with E-state index in [1.165, 1.54) is 10.9 Å². The van der Waals surface area contributed by atoms with Crippen molar-refractivity contribution in [2.75, 3.05) is 6.61 Å². The first-order valence-electron chi connectivity index (χ1n) is 9.28. The first kappa shape index (κ1) is 20.0. The number of carbonyl (C=O) groups is 2. The van der Waals surface area contributed by atoms with Crippen LogP contribution in [-0.4, -0.2) is 23.5 Å². The summed E-state index contributed by atoms with van der Waals surface area (Å²) in [6.45, 7) is 1.57. The molecule has 5 nitrogen and oxygen atoms in total. The van der Waals surface area contributed by atoms with Crippen LogP contribution in [0.3, 0.4) is 0 Å². The van der Waals surface area contributed by atoms with Gasteiger partial charge in [-0.2, -0.15) is 0 Å². The number of nitrogens with one attached hydrogen (secondary N) is 2. The zero-order valence-electron chi connectivity index (χ0n) is 15.7. The highest BCUT2D eigenvalue weighted by Crippen LogP contribution is 2.20. The Hall–Kier alpha value is -2.79. The van der Waals surface area contributed by atoms with E-state index in [0.29, 0.717) is 11.4 Å². The van der Waals surface area contributed by atoms with E-state index in [1.54, 1.807) is 12.1 Å². The van der Waals surface area contributed by atoms with Crippen LogP contribution in [0.1, 0.15) is 36.9 Å². The van der Waals surface area contributed by atoms with Gasteiger partial charge in [0, 0.05) is 28.5 Å². The number of aryl methyl sites for hydroxylation is 1. The maximum absolute atomic E-state index is 12.0. The van der Waals surface area contributed by atoms with Crippen molar-refractivity contribution in [1.82, 2.24) is 10.3 Å². The number of fused-ring (bicyclic) bond motifs is 1. The van der Waals surface area contributed by atoms with Gasteiger partial charge in [0.2, 0.25) is 0 Å². The lowest BCUT2D eigenvalue weighted by Crippen LogP contribution is -2.31. The first-order valence-corrected chi connectivity index (χ1v) is 9.66. The molecule has 3 rings (SSSR count). The van der Waals surface area contributed by atoms with E-state index < -0.39 is 0 Å². The van der Waals surface area contributed by atoms with Gasteiger partial charge < -0.3 is 15.0 Å². The molecular weight excluding hydrogens is 376 g/mol. The second kappa shape index (κ2) is 9.42. The minimum Gasteiger partial charge on any atom is -0.456 e. The average molecular weight is 399 g/mol. The fourth-order valence-electron chi connectivity index (χ4n) is 3.12. The lowest BCUT2D eigenvalue weighted by Gasteiger charge is -2.14. The van der Waals surface area contributed by atoms with Crippen LogP contribution in [0.15, 0.2) is 54.7 Å². The number of rotatable bonds is 8. The van der Waals surface area contributed by atoms with Crippen molar-refractivity contribution in [3.05, 3.63) is 70.9 Å². The molecular formula is C22H23ClN2O3. The van der Waals surface area contributed by atoms with E-state index in [9.17, 15) is 9.59 Å². The summed E-state index contributed by atoms with van der Waals surface area (Å²) < 4.78 is 5.09. The predicted octanol–water partition coefficient (Wildman–Crippen LogP) is 4.56. The molecule has 2 aromatic carbocycles. The van der Waals surface area contributed by atoms with Crippen LogP contribution in [0.25, 0.3) is 10.9 Å². The molecule has 146 valence electrons. The fraction of sp³-hybridized carbons (Fsp3) is 0.273. The Morgan fingerprint density at radius 1 is 1.18 bits per heavy atom. The molecule has 0 saturated heterocycles. The standard InChI is InChI=1S/C22H23ClN2O3/c1-15(16-6-4-8-18(23)12-16)25-21(26)14-28-22(27)11-5-7-17-13-24-20-10-3-2-9-19(17)20/h2-4,6,8-10,12-13,15,24H,5,7,11,14H2,1H3,(H,25,26)/t15-/m0/s1. The van der Waals surface area contributed by atoms with Crippen LogP contribution in [-0.2, 0) is 20.7 Å². The molecule has 0 aliphatic carbocycles. The normalized spacial score (nSPS) is 11.9. The third kappa shape index (κ3) is 5.36. The molecule has 1 heterocycles. The minimum absolute atomic E-state index is 0.216. The van der Waals surface area contributed by atoms with Crippen LogP contribution in [0, 0.1) is 0 Å². The summed E-state index contributed by atoms with van der Waals surface area (Å²) >= 11 is 5.96. The minimum atomic E-state index is -0.370. The van der Waals surface area contributed by atoms with Gasteiger partial charge in [0.1, 0.15) is 0 Å². The summed E-state index contributed by atoms with van der Waals surface area (Å²) in [6, 6.07) is 15.1. The van der Waals surface area contributed by atoms with Crippen molar-refractivity contribution < 1.29 is 14.3 Å². The van der Waals surface area contributed by atoms with E-state index in [0.717, 1.165) is 17.5 Å². The molecule has 0 aliphatic rings. The SMILES string of the molecule is C[C@H](NC(=O)COC(=O)CCCc1c[nH]c2ccccc12)c1cccc(Cl)c1. The Morgan fingerprint density at radius 3 is 2.82 bits per heavy atom. The number of para-hydroxylation sites is 1. The van der Waals surface area contributed by atoms with Crippen LogP contribution >= 0.6 is 11.6 Å². The maximum Gasteiger partial charge on any atom is 0.306 e. The number of carbonyl (C=O) groups excluding carboxylic acids is 2. The zero-order valence-corrected chi connectivity index (χ0v) is 16.5. The monoisotopic (exact) mass is 398 g/mol. The second-order valence-corrected chi connectivity index (χ2v) is 7.15. The summed E-state index contributed by atoms with van der Waals surface area (Å²) in [5, 5.41) is 4.58. The van der Waals surface area contributed by atoms with Crippen LogP contribution in [0.2, 0.25) is 5.02 Å². The molecule has 6 heteroatoms. The van der Waals surface area contributed by atoms with Crippen molar-refractivity contribution in [2.24, 2.45) is 0 Å². The van der Waals surface area contributed by atoms with Gasteiger partial charge in [0.25, 0.3) is 5.91 Å². The average Bonchev–Trinajstić information content (AvgIpc) is 3.09. The second-order valence-electron chi connectivity index (χ2n) is 6.72. The third-order valence-corrected chi connectivity index (χ3v) is 4.83. The van der Waals surface area contributed by atoms with Gasteiger partial charge in [-0.05, 0) is 49.1 Å². The zero-order chi connectivity index (χ0) is 19.9. The summed E-state index contributed by atoms with van der Waals surface area (Å²) in [5.74, 6) is -0.706. The number of esters is 1. The van der Waals surface area contributed by atoms with Gasteiger partial charge in [0.15, 0.2) is 6.61 Å². The Balaban J connectivity index is 1.38. The van der Waals surface area contributed by atoms with Gasteiger partial charge in [0.05, 0.1) is 6.04 Å². The number of amides is 1. The lowest BCUT2D eigenvalue weighted by molar-refractivity contribution is -0.148. The topological polar surface area (TPSA) is 71.2 Å². The highest BCUT2D eigenvalue weighted by molar-refractivity contribution is 6.30. The predicted molar refractivity (Wildman–Crippen MR) is 110 cm³/mol. The van der Waals surface area contributed by atoms with Gasteiger partial charge >= 0.3 is 5.97 Å². The molecule has 0 aliphatic heterocycles. The van der Waals surface area contributed by atoms with Crippen LogP contribution < -0.4 is 5.32 Å². The third-order valence-electron chi connectivity index (χ3n) is 4.59. The number of benzene rings is 2. The van der Waals surface area contributed by atoms with Crippen molar-refractivity contribution in [3.8, 4) is 0 Å². The number of H-pyrrole nitrogens is 1. The Kier molecular flexibility index (Phi) is 6.71. The van der Waals surface area contributed by atoms with Gasteiger partial charge in [-0.3, -0.25) is 9.59 Å². The van der Waals surface area contributed by atoms with Gasteiger partial charge in [-0.15, -0.1) is 0 Å². The summed E-state index contributed by atoms with van der Waals surface area (Å²) in [5.41, 5.74) is 3.16. The van der Waals surface area contributed by atoms with Crippen molar-refractivity contribution in [3.63, 3.8) is 0 Å². The molecule has 0 unspecified atom stereocenters. The van der Waals surface area contributed by atoms with Gasteiger partial charge in [-0.1, -0.05) is 41.9 Å². The van der Waals surface area contributed by atoms with Crippen LogP contribution in [0.5, 0.6) is 0 Å². The number of halogens is 1. The van der Waals surface area contributed by atoms with E-state index in [2.05, 4.69) is 16.4 Å². The van der Waals surface area contributed by atoms with Crippen molar-refractivity contribution in [2.45, 2.75) is 32.2 Å². The van der Waals surface area contributed by atoms with Crippen molar-refractivity contribution in [1.29, 1.82) is 0 Å². The molecule has 0 bridgehead atoms. The summed E-state index contributed by atoms with van der Waals surface area (Å²) in [6.07, 6.45) is 3.69. The fourth-order valence-corrected chi connectivity index (χ4v) is 3.32. The molecule has 1 atom stereocenters. The number of aromatic amines is 1. The maximum atomic E-state index is 12.0. The first-order chi connectivity index (χ1) is 13.5. The number of ether oxygens (including phenoxy) is 1. The molecule has 1 amide bonds. The highest BCUT2D eigenvalue weighted by atomic mass is 35.5. The molecule has 1 aromatic heterocycles. The number of hydrogen-bond donors (Lipinski definition) is 2. The molecule has 0 saturated carbocycles. The molecule has 0 spiro atoms. The van der Waals surface area contributed by atoms with Crippen molar-refractivity contribution >= 4 is 34.4 Å². The summed E-state index contributed by atoms with van der Waals surface area (Å²) in [4.78, 5) is 27.1. The Bertz CT molecular complexity index is 967.